The summed E-state index contributed by atoms with van der Waals surface area (Å²) in [6.45, 7) is 3.15. The number of aliphatic hydroxyl groups excluding tert-OH is 1. The number of hydrogen-bond donors (Lipinski definition) is 2. The minimum absolute atomic E-state index is 0.0836. The fraction of sp³-hybridized carbons (Fsp3) is 0.727. The Morgan fingerprint density at radius 2 is 2.00 bits per heavy atom. The second kappa shape index (κ2) is 4.99. The molecule has 0 amide bonds. The smallest absolute Gasteiger partial charge is 0.246 e. The number of nitrogens with zero attached hydrogens (tertiary/aromatic N) is 1. The van der Waals surface area contributed by atoms with Crippen LogP contribution in [-0.4, -0.2) is 30.8 Å². The van der Waals surface area contributed by atoms with E-state index in [-0.39, 0.29) is 10.7 Å². The van der Waals surface area contributed by atoms with E-state index < -0.39 is 22.2 Å². The zero-order valence-corrected chi connectivity index (χ0v) is 11.3. The standard InChI is InChI=1S/C11H18N2O4S/c1-7-11(8(2)17-12-7)18(15,16)13-9-5-3-4-6-10(9)14/h9-10,13-14H,3-6H2,1-2H3. The summed E-state index contributed by atoms with van der Waals surface area (Å²) in [5.41, 5.74) is 0.338. The van der Waals surface area contributed by atoms with E-state index >= 15 is 0 Å². The number of aromatic nitrogens is 1. The van der Waals surface area contributed by atoms with Gasteiger partial charge in [0.2, 0.25) is 10.0 Å². The zero-order chi connectivity index (χ0) is 13.3. The molecule has 1 fully saturated rings. The molecule has 6 nitrogen and oxygen atoms in total. The van der Waals surface area contributed by atoms with Crippen LogP contribution in [0.5, 0.6) is 0 Å². The highest BCUT2D eigenvalue weighted by molar-refractivity contribution is 7.89. The summed E-state index contributed by atoms with van der Waals surface area (Å²) in [6.07, 6.45) is 2.53. The van der Waals surface area contributed by atoms with Crippen molar-refractivity contribution in [1.29, 1.82) is 0 Å². The molecule has 1 saturated carbocycles. The van der Waals surface area contributed by atoms with Gasteiger partial charge in [-0.1, -0.05) is 18.0 Å². The fourth-order valence-corrected chi connectivity index (χ4v) is 4.00. The monoisotopic (exact) mass is 274 g/mol. The lowest BCUT2D eigenvalue weighted by molar-refractivity contribution is 0.101. The van der Waals surface area contributed by atoms with E-state index in [2.05, 4.69) is 9.88 Å². The molecule has 2 atom stereocenters. The first kappa shape index (κ1) is 13.5. The average molecular weight is 274 g/mol. The molecule has 0 radical (unpaired) electrons. The molecule has 0 aromatic carbocycles. The van der Waals surface area contributed by atoms with Crippen molar-refractivity contribution in [1.82, 2.24) is 9.88 Å². The van der Waals surface area contributed by atoms with Gasteiger partial charge in [-0.3, -0.25) is 0 Å². The summed E-state index contributed by atoms with van der Waals surface area (Å²) in [4.78, 5) is 0.0836. The normalized spacial score (nSPS) is 25.3. The van der Waals surface area contributed by atoms with Crippen molar-refractivity contribution in [2.75, 3.05) is 0 Å². The molecule has 1 aliphatic rings. The number of rotatable bonds is 3. The summed E-state index contributed by atoms with van der Waals surface area (Å²) in [6, 6.07) is -0.419. The van der Waals surface area contributed by atoms with Gasteiger partial charge in [0.15, 0.2) is 5.76 Å². The van der Waals surface area contributed by atoms with Gasteiger partial charge in [0, 0.05) is 6.04 Å². The molecule has 1 aromatic heterocycles. The lowest BCUT2D eigenvalue weighted by Gasteiger charge is -2.27. The van der Waals surface area contributed by atoms with Crippen LogP contribution in [-0.2, 0) is 10.0 Å². The van der Waals surface area contributed by atoms with Crippen molar-refractivity contribution in [3.63, 3.8) is 0 Å². The molecule has 18 heavy (non-hydrogen) atoms. The number of aliphatic hydroxyl groups is 1. The van der Waals surface area contributed by atoms with Crippen molar-refractivity contribution in [2.24, 2.45) is 0 Å². The Balaban J connectivity index is 2.22. The molecule has 2 unspecified atom stereocenters. The van der Waals surface area contributed by atoms with Gasteiger partial charge < -0.3 is 9.63 Å². The number of hydrogen-bond acceptors (Lipinski definition) is 5. The van der Waals surface area contributed by atoms with Crippen molar-refractivity contribution in [3.8, 4) is 0 Å². The van der Waals surface area contributed by atoms with Crippen LogP contribution in [0.25, 0.3) is 0 Å². The quantitative estimate of drug-likeness (QED) is 0.853. The fourth-order valence-electron chi connectivity index (χ4n) is 2.37. The predicted molar refractivity (Wildman–Crippen MR) is 64.6 cm³/mol. The Labute approximate surface area is 106 Å². The van der Waals surface area contributed by atoms with Gasteiger partial charge in [0.25, 0.3) is 0 Å². The molecule has 0 bridgehead atoms. The minimum atomic E-state index is -3.68. The van der Waals surface area contributed by atoms with Gasteiger partial charge >= 0.3 is 0 Å². The molecule has 0 aliphatic heterocycles. The van der Waals surface area contributed by atoms with E-state index in [1.807, 2.05) is 0 Å². The van der Waals surface area contributed by atoms with Crippen molar-refractivity contribution in [2.45, 2.75) is 56.6 Å². The second-order valence-electron chi connectivity index (χ2n) is 4.73. The molecular formula is C11H18N2O4S. The third-order valence-corrected chi connectivity index (χ3v) is 5.01. The molecule has 2 rings (SSSR count). The van der Waals surface area contributed by atoms with Crippen molar-refractivity contribution >= 4 is 10.0 Å². The van der Waals surface area contributed by atoms with Crippen LogP contribution < -0.4 is 4.72 Å². The third kappa shape index (κ3) is 2.57. The second-order valence-corrected chi connectivity index (χ2v) is 6.38. The third-order valence-electron chi connectivity index (χ3n) is 3.27. The number of aryl methyl sites for hydroxylation is 2. The summed E-state index contributed by atoms with van der Waals surface area (Å²) >= 11 is 0. The minimum Gasteiger partial charge on any atom is -0.391 e. The maximum Gasteiger partial charge on any atom is 0.246 e. The van der Waals surface area contributed by atoms with Crippen molar-refractivity contribution < 1.29 is 18.0 Å². The van der Waals surface area contributed by atoms with E-state index in [1.165, 1.54) is 0 Å². The van der Waals surface area contributed by atoms with Crippen molar-refractivity contribution in [3.05, 3.63) is 11.5 Å². The highest BCUT2D eigenvalue weighted by Crippen LogP contribution is 2.23. The van der Waals surface area contributed by atoms with Crippen LogP contribution in [0.1, 0.15) is 37.1 Å². The van der Waals surface area contributed by atoms with Crippen LogP contribution in [0.4, 0.5) is 0 Å². The maximum atomic E-state index is 12.2. The molecule has 2 N–H and O–H groups in total. The molecule has 1 aromatic rings. The largest absolute Gasteiger partial charge is 0.391 e. The SMILES string of the molecule is Cc1noc(C)c1S(=O)(=O)NC1CCCCC1O. The van der Waals surface area contributed by atoms with E-state index in [0.717, 1.165) is 12.8 Å². The summed E-state index contributed by atoms with van der Waals surface area (Å²) in [5.74, 6) is 0.269. The summed E-state index contributed by atoms with van der Waals surface area (Å²) < 4.78 is 31.9. The topological polar surface area (TPSA) is 92.4 Å². The molecule has 0 spiro atoms. The van der Waals surface area contributed by atoms with Crippen LogP contribution in [0.3, 0.4) is 0 Å². The summed E-state index contributed by atoms with van der Waals surface area (Å²) in [5, 5.41) is 13.4. The molecular weight excluding hydrogens is 256 g/mol. The van der Waals surface area contributed by atoms with Gasteiger partial charge in [-0.05, 0) is 26.7 Å². The summed E-state index contributed by atoms with van der Waals surface area (Å²) in [7, 11) is -3.68. The molecule has 7 heteroatoms. The van der Waals surface area contributed by atoms with E-state index in [9.17, 15) is 13.5 Å². The van der Waals surface area contributed by atoms with Gasteiger partial charge in [-0.25, -0.2) is 13.1 Å². The first-order chi connectivity index (χ1) is 8.42. The zero-order valence-electron chi connectivity index (χ0n) is 10.5. The predicted octanol–water partition coefficient (Wildman–Crippen LogP) is 0.873. The first-order valence-corrected chi connectivity index (χ1v) is 7.53. The average Bonchev–Trinajstić information content (AvgIpc) is 2.62. The Hall–Kier alpha value is -0.920. The lowest BCUT2D eigenvalue weighted by atomic mass is 9.93. The van der Waals surface area contributed by atoms with Crippen LogP contribution >= 0.6 is 0 Å². The highest BCUT2D eigenvalue weighted by Gasteiger charge is 2.31. The molecule has 1 heterocycles. The van der Waals surface area contributed by atoms with Crippen LogP contribution in [0, 0.1) is 13.8 Å². The Bertz CT molecular complexity index is 504. The lowest BCUT2D eigenvalue weighted by Crippen LogP contribution is -2.45. The highest BCUT2D eigenvalue weighted by atomic mass is 32.2. The van der Waals surface area contributed by atoms with E-state index in [4.69, 9.17) is 4.52 Å². The van der Waals surface area contributed by atoms with Gasteiger partial charge in [0.1, 0.15) is 10.6 Å². The molecule has 102 valence electrons. The molecule has 0 saturated heterocycles. The van der Waals surface area contributed by atoms with Gasteiger partial charge in [0.05, 0.1) is 6.10 Å². The van der Waals surface area contributed by atoms with E-state index in [0.29, 0.717) is 18.5 Å². The van der Waals surface area contributed by atoms with Crippen LogP contribution in [0.15, 0.2) is 9.42 Å². The number of nitrogens with one attached hydrogen (secondary N) is 1. The Morgan fingerprint density at radius 3 is 2.56 bits per heavy atom. The maximum absolute atomic E-state index is 12.2. The van der Waals surface area contributed by atoms with Crippen LogP contribution in [0.2, 0.25) is 0 Å². The van der Waals surface area contributed by atoms with E-state index in [1.54, 1.807) is 13.8 Å². The van der Waals surface area contributed by atoms with Gasteiger partial charge in [-0.15, -0.1) is 0 Å². The first-order valence-electron chi connectivity index (χ1n) is 6.05. The Kier molecular flexibility index (Phi) is 3.74. The molecule has 1 aliphatic carbocycles. The Morgan fingerprint density at radius 1 is 1.33 bits per heavy atom. The number of sulfonamides is 1. The van der Waals surface area contributed by atoms with Gasteiger partial charge in [-0.2, -0.15) is 0 Å².